The van der Waals surface area contributed by atoms with Gasteiger partial charge < -0.3 is 15.2 Å². The molecule has 1 saturated heterocycles. The van der Waals surface area contributed by atoms with Gasteiger partial charge in [-0.2, -0.15) is 4.37 Å². The number of aryl methyl sites for hydroxylation is 1. The molecule has 0 unspecified atom stereocenters. The van der Waals surface area contributed by atoms with Crippen LogP contribution in [0.5, 0.6) is 0 Å². The van der Waals surface area contributed by atoms with Crippen molar-refractivity contribution in [2.75, 3.05) is 31.7 Å². The third-order valence-electron chi connectivity index (χ3n) is 2.55. The van der Waals surface area contributed by atoms with E-state index in [1.165, 1.54) is 11.5 Å². The lowest BCUT2D eigenvalue weighted by Crippen LogP contribution is -2.50. The number of nitrogens with zero attached hydrogens (tertiary/aromatic N) is 2. The van der Waals surface area contributed by atoms with Crippen molar-refractivity contribution in [3.63, 3.8) is 0 Å². The van der Waals surface area contributed by atoms with Gasteiger partial charge in [-0.25, -0.2) is 4.98 Å². The van der Waals surface area contributed by atoms with Crippen molar-refractivity contribution in [3.05, 3.63) is 5.82 Å². The van der Waals surface area contributed by atoms with Crippen LogP contribution in [0.15, 0.2) is 0 Å². The molecule has 0 saturated carbocycles. The van der Waals surface area contributed by atoms with Crippen molar-refractivity contribution in [2.45, 2.75) is 13.3 Å². The standard InChI is InChI=1S/C9H15N3O2S/c1-2-7-11-8(15-12-7)10-3-9(4-13)5-14-6-9/h13H,2-6H2,1H3,(H,10,11,12). The molecule has 0 atom stereocenters. The molecule has 2 heterocycles. The van der Waals surface area contributed by atoms with Crippen molar-refractivity contribution >= 4 is 16.7 Å². The molecule has 84 valence electrons. The predicted octanol–water partition coefficient (Wildman–Crippen LogP) is 0.521. The molecular weight excluding hydrogens is 214 g/mol. The van der Waals surface area contributed by atoms with E-state index in [4.69, 9.17) is 4.74 Å². The van der Waals surface area contributed by atoms with Crippen LogP contribution in [0.1, 0.15) is 12.7 Å². The van der Waals surface area contributed by atoms with Gasteiger partial charge in [-0.05, 0) is 0 Å². The minimum absolute atomic E-state index is 0.113. The molecule has 0 spiro atoms. The van der Waals surface area contributed by atoms with Crippen LogP contribution in [0.3, 0.4) is 0 Å². The first-order valence-corrected chi connectivity index (χ1v) is 5.80. The maximum atomic E-state index is 9.21. The number of hydrogen-bond acceptors (Lipinski definition) is 6. The van der Waals surface area contributed by atoms with E-state index in [2.05, 4.69) is 14.7 Å². The van der Waals surface area contributed by atoms with Crippen LogP contribution in [0.2, 0.25) is 0 Å². The summed E-state index contributed by atoms with van der Waals surface area (Å²) in [4.78, 5) is 4.30. The summed E-state index contributed by atoms with van der Waals surface area (Å²) in [7, 11) is 0. The average molecular weight is 229 g/mol. The summed E-state index contributed by atoms with van der Waals surface area (Å²) in [5.74, 6) is 0.866. The SMILES string of the molecule is CCc1nsc(NCC2(CO)COC2)n1. The minimum atomic E-state index is -0.113. The summed E-state index contributed by atoms with van der Waals surface area (Å²) in [6.45, 7) is 4.12. The second-order valence-corrected chi connectivity index (χ2v) is 4.63. The molecule has 0 aliphatic carbocycles. The molecule has 1 aliphatic heterocycles. The number of nitrogens with one attached hydrogen (secondary N) is 1. The quantitative estimate of drug-likeness (QED) is 0.770. The summed E-state index contributed by atoms with van der Waals surface area (Å²) >= 11 is 1.37. The molecule has 1 aromatic rings. The van der Waals surface area contributed by atoms with Crippen LogP contribution < -0.4 is 5.32 Å². The number of hydrogen-bond donors (Lipinski definition) is 2. The highest BCUT2D eigenvalue weighted by atomic mass is 32.1. The summed E-state index contributed by atoms with van der Waals surface area (Å²) in [5, 5.41) is 13.2. The van der Waals surface area contributed by atoms with Gasteiger partial charge in [0.2, 0.25) is 5.13 Å². The normalized spacial score (nSPS) is 18.5. The first-order valence-electron chi connectivity index (χ1n) is 5.03. The molecule has 0 aromatic carbocycles. The van der Waals surface area contributed by atoms with E-state index in [9.17, 15) is 5.11 Å². The van der Waals surface area contributed by atoms with Gasteiger partial charge in [-0.3, -0.25) is 0 Å². The number of anilines is 1. The monoisotopic (exact) mass is 229 g/mol. The maximum absolute atomic E-state index is 9.21. The Morgan fingerprint density at radius 1 is 1.60 bits per heavy atom. The van der Waals surface area contributed by atoms with E-state index in [-0.39, 0.29) is 12.0 Å². The Bertz CT molecular complexity index is 319. The van der Waals surface area contributed by atoms with Crippen LogP contribution >= 0.6 is 11.5 Å². The molecule has 15 heavy (non-hydrogen) atoms. The lowest BCUT2D eigenvalue weighted by Gasteiger charge is -2.39. The third kappa shape index (κ3) is 2.27. The lowest BCUT2D eigenvalue weighted by atomic mass is 9.87. The number of aliphatic hydroxyl groups excluding tert-OH is 1. The van der Waals surface area contributed by atoms with Gasteiger partial charge in [-0.1, -0.05) is 6.92 Å². The van der Waals surface area contributed by atoms with E-state index in [0.29, 0.717) is 19.8 Å². The number of rotatable bonds is 5. The van der Waals surface area contributed by atoms with Gasteiger partial charge in [-0.15, -0.1) is 0 Å². The Kier molecular flexibility index (Phi) is 3.18. The van der Waals surface area contributed by atoms with E-state index in [0.717, 1.165) is 17.4 Å². The zero-order valence-electron chi connectivity index (χ0n) is 8.69. The molecule has 5 nitrogen and oxygen atoms in total. The largest absolute Gasteiger partial charge is 0.396 e. The number of aliphatic hydroxyl groups is 1. The molecule has 2 rings (SSSR count). The summed E-state index contributed by atoms with van der Waals surface area (Å²) in [6, 6.07) is 0. The molecule has 6 heteroatoms. The third-order valence-corrected chi connectivity index (χ3v) is 3.26. The highest BCUT2D eigenvalue weighted by Gasteiger charge is 2.38. The smallest absolute Gasteiger partial charge is 0.202 e. The molecule has 2 N–H and O–H groups in total. The van der Waals surface area contributed by atoms with Crippen molar-refractivity contribution in [2.24, 2.45) is 5.41 Å². The fourth-order valence-electron chi connectivity index (χ4n) is 1.37. The molecule has 0 amide bonds. The Balaban J connectivity index is 1.86. The highest BCUT2D eigenvalue weighted by Crippen LogP contribution is 2.27. The number of ether oxygens (including phenoxy) is 1. The Labute approximate surface area is 92.7 Å². The molecule has 0 radical (unpaired) electrons. The Morgan fingerprint density at radius 2 is 2.40 bits per heavy atom. The molecule has 1 aliphatic rings. The predicted molar refractivity (Wildman–Crippen MR) is 58.1 cm³/mol. The van der Waals surface area contributed by atoms with Crippen molar-refractivity contribution in [1.29, 1.82) is 0 Å². The highest BCUT2D eigenvalue weighted by molar-refractivity contribution is 7.09. The van der Waals surface area contributed by atoms with Crippen LogP contribution in [-0.4, -0.2) is 40.8 Å². The summed E-state index contributed by atoms with van der Waals surface area (Å²) < 4.78 is 9.29. The van der Waals surface area contributed by atoms with Gasteiger partial charge in [0.15, 0.2) is 0 Å². The fourth-order valence-corrected chi connectivity index (χ4v) is 2.02. The van der Waals surface area contributed by atoms with Crippen LogP contribution in [0, 0.1) is 5.41 Å². The molecule has 0 bridgehead atoms. The van der Waals surface area contributed by atoms with Gasteiger partial charge in [0.25, 0.3) is 0 Å². The van der Waals surface area contributed by atoms with E-state index >= 15 is 0 Å². The summed E-state index contributed by atoms with van der Waals surface area (Å²) in [5.41, 5.74) is -0.113. The second kappa shape index (κ2) is 4.42. The first-order chi connectivity index (χ1) is 7.28. The van der Waals surface area contributed by atoms with Crippen LogP contribution in [-0.2, 0) is 11.2 Å². The van der Waals surface area contributed by atoms with E-state index in [1.54, 1.807) is 0 Å². The Hall–Kier alpha value is -0.720. The maximum Gasteiger partial charge on any atom is 0.202 e. The average Bonchev–Trinajstić information content (AvgIpc) is 2.65. The van der Waals surface area contributed by atoms with Gasteiger partial charge in [0.1, 0.15) is 5.82 Å². The number of aromatic nitrogens is 2. The van der Waals surface area contributed by atoms with Crippen molar-refractivity contribution in [3.8, 4) is 0 Å². The van der Waals surface area contributed by atoms with Gasteiger partial charge in [0.05, 0.1) is 25.2 Å². The fraction of sp³-hybridized carbons (Fsp3) is 0.778. The van der Waals surface area contributed by atoms with Crippen molar-refractivity contribution in [1.82, 2.24) is 9.36 Å². The minimum Gasteiger partial charge on any atom is -0.396 e. The Morgan fingerprint density at radius 3 is 2.87 bits per heavy atom. The molecule has 1 fully saturated rings. The van der Waals surface area contributed by atoms with E-state index < -0.39 is 0 Å². The zero-order valence-corrected chi connectivity index (χ0v) is 9.51. The zero-order chi connectivity index (χ0) is 10.7. The van der Waals surface area contributed by atoms with Crippen LogP contribution in [0.4, 0.5) is 5.13 Å². The molecule has 1 aromatic heterocycles. The van der Waals surface area contributed by atoms with Crippen LogP contribution in [0.25, 0.3) is 0 Å². The first kappa shape index (κ1) is 10.8. The van der Waals surface area contributed by atoms with E-state index in [1.807, 2.05) is 6.92 Å². The lowest BCUT2D eigenvalue weighted by molar-refractivity contribution is -0.128. The topological polar surface area (TPSA) is 67.3 Å². The molecular formula is C9H15N3O2S. The van der Waals surface area contributed by atoms with Crippen molar-refractivity contribution < 1.29 is 9.84 Å². The second-order valence-electron chi connectivity index (χ2n) is 3.87. The van der Waals surface area contributed by atoms with Gasteiger partial charge in [0, 0.05) is 24.5 Å². The van der Waals surface area contributed by atoms with Gasteiger partial charge >= 0.3 is 0 Å². The summed E-state index contributed by atoms with van der Waals surface area (Å²) in [6.07, 6.45) is 0.854.